The summed E-state index contributed by atoms with van der Waals surface area (Å²) in [6, 6.07) is 0. The van der Waals surface area contributed by atoms with Gasteiger partial charge in [0, 0.05) is 11.8 Å². The van der Waals surface area contributed by atoms with E-state index in [4.69, 9.17) is 0 Å². The monoisotopic (exact) mass is 182 g/mol. The molecular weight excluding hydrogens is 160 g/mol. The summed E-state index contributed by atoms with van der Waals surface area (Å²) in [4.78, 5) is 11.7. The minimum Gasteiger partial charge on any atom is -0.299 e. The Morgan fingerprint density at radius 3 is 2.62 bits per heavy atom. The fourth-order valence-corrected chi connectivity index (χ4v) is 2.11. The number of rotatable bonds is 3. The van der Waals surface area contributed by atoms with Crippen LogP contribution < -0.4 is 0 Å². The Bertz CT molecular complexity index is 184. The number of Topliss-reactive ketones (excluding diaryl/α,β-unsaturated/α-hetero) is 1. The molecule has 0 aliphatic heterocycles. The maximum atomic E-state index is 11.7. The van der Waals surface area contributed by atoms with Gasteiger partial charge in [-0.25, -0.2) is 0 Å². The molecule has 0 amide bonds. The fraction of sp³-hybridized carbons (Fsp3) is 0.917. The quantitative estimate of drug-likeness (QED) is 0.652. The van der Waals surface area contributed by atoms with Crippen molar-refractivity contribution in [3.8, 4) is 0 Å². The predicted molar refractivity (Wildman–Crippen MR) is 55.7 cm³/mol. The highest BCUT2D eigenvalue weighted by molar-refractivity contribution is 5.85. The van der Waals surface area contributed by atoms with Gasteiger partial charge in [-0.2, -0.15) is 0 Å². The molecule has 0 saturated heterocycles. The molecule has 0 aromatic carbocycles. The molecule has 0 N–H and O–H groups in total. The van der Waals surface area contributed by atoms with E-state index in [1.165, 1.54) is 12.8 Å². The molecule has 0 unspecified atom stereocenters. The molecule has 0 aromatic heterocycles. The second kappa shape index (κ2) is 4.26. The van der Waals surface area contributed by atoms with Crippen LogP contribution >= 0.6 is 0 Å². The van der Waals surface area contributed by atoms with Gasteiger partial charge in [-0.1, -0.05) is 33.6 Å². The van der Waals surface area contributed by atoms with Crippen molar-refractivity contribution in [2.75, 3.05) is 0 Å². The molecule has 13 heavy (non-hydrogen) atoms. The van der Waals surface area contributed by atoms with Gasteiger partial charge in [0.25, 0.3) is 0 Å². The van der Waals surface area contributed by atoms with Gasteiger partial charge >= 0.3 is 0 Å². The van der Waals surface area contributed by atoms with Gasteiger partial charge in [0.2, 0.25) is 0 Å². The molecule has 1 aliphatic rings. The number of ketones is 1. The van der Waals surface area contributed by atoms with Crippen molar-refractivity contribution in [3.05, 3.63) is 0 Å². The van der Waals surface area contributed by atoms with Crippen LogP contribution in [0.2, 0.25) is 0 Å². The van der Waals surface area contributed by atoms with Crippen LogP contribution in [0.25, 0.3) is 0 Å². The third-order valence-corrected chi connectivity index (χ3v) is 3.33. The number of carbonyl (C=O) groups is 1. The Morgan fingerprint density at radius 2 is 2.08 bits per heavy atom. The second-order valence-electron chi connectivity index (χ2n) is 5.12. The highest BCUT2D eigenvalue weighted by Gasteiger charge is 2.34. The standard InChI is InChI=1S/C12H22O/c1-10(2)7-9-12(3)8-5-4-6-11(12)13/h10H,4-9H2,1-3H3/t12-/m0/s1. The Balaban J connectivity index is 2.47. The Morgan fingerprint density at radius 1 is 1.38 bits per heavy atom. The topological polar surface area (TPSA) is 17.1 Å². The number of carbonyl (C=O) groups excluding carboxylic acids is 1. The first-order valence-corrected chi connectivity index (χ1v) is 5.58. The summed E-state index contributed by atoms with van der Waals surface area (Å²) < 4.78 is 0. The lowest BCUT2D eigenvalue weighted by Crippen LogP contribution is -2.31. The Hall–Kier alpha value is -0.330. The minimum absolute atomic E-state index is 0.0303. The summed E-state index contributed by atoms with van der Waals surface area (Å²) in [7, 11) is 0. The summed E-state index contributed by atoms with van der Waals surface area (Å²) in [5.41, 5.74) is 0.0303. The lowest BCUT2D eigenvalue weighted by molar-refractivity contribution is -0.130. The normalized spacial score (nSPS) is 29.7. The molecular formula is C12H22O. The van der Waals surface area contributed by atoms with Crippen LogP contribution in [-0.4, -0.2) is 5.78 Å². The van der Waals surface area contributed by atoms with Crippen molar-refractivity contribution in [1.29, 1.82) is 0 Å². The summed E-state index contributed by atoms with van der Waals surface area (Å²) in [5.74, 6) is 1.24. The molecule has 0 aromatic rings. The van der Waals surface area contributed by atoms with Crippen molar-refractivity contribution >= 4 is 5.78 Å². The average Bonchev–Trinajstić information content (AvgIpc) is 2.07. The van der Waals surface area contributed by atoms with Gasteiger partial charge in [-0.15, -0.1) is 0 Å². The minimum atomic E-state index is 0.0303. The van der Waals surface area contributed by atoms with Crippen LogP contribution in [-0.2, 0) is 4.79 Å². The van der Waals surface area contributed by atoms with Crippen molar-refractivity contribution in [2.45, 2.75) is 59.3 Å². The maximum Gasteiger partial charge on any atom is 0.138 e. The van der Waals surface area contributed by atoms with Crippen LogP contribution in [0.3, 0.4) is 0 Å². The van der Waals surface area contributed by atoms with E-state index in [2.05, 4.69) is 20.8 Å². The fourth-order valence-electron chi connectivity index (χ4n) is 2.11. The largest absolute Gasteiger partial charge is 0.299 e. The van der Waals surface area contributed by atoms with Gasteiger partial charge in [0.1, 0.15) is 5.78 Å². The molecule has 1 heteroatoms. The lowest BCUT2D eigenvalue weighted by atomic mass is 9.71. The van der Waals surface area contributed by atoms with E-state index >= 15 is 0 Å². The molecule has 0 bridgehead atoms. The van der Waals surface area contributed by atoms with Gasteiger partial charge in [-0.3, -0.25) is 4.79 Å². The first-order chi connectivity index (χ1) is 6.04. The summed E-state index contributed by atoms with van der Waals surface area (Å²) >= 11 is 0. The zero-order valence-corrected chi connectivity index (χ0v) is 9.23. The first kappa shape index (κ1) is 10.7. The van der Waals surface area contributed by atoms with Crippen molar-refractivity contribution in [3.63, 3.8) is 0 Å². The van der Waals surface area contributed by atoms with Crippen LogP contribution in [0.4, 0.5) is 0 Å². The number of hydrogen-bond acceptors (Lipinski definition) is 1. The molecule has 76 valence electrons. The van der Waals surface area contributed by atoms with Gasteiger partial charge in [0.05, 0.1) is 0 Å². The van der Waals surface area contributed by atoms with E-state index in [0.717, 1.165) is 31.6 Å². The molecule has 0 spiro atoms. The van der Waals surface area contributed by atoms with Gasteiger partial charge < -0.3 is 0 Å². The first-order valence-electron chi connectivity index (χ1n) is 5.58. The zero-order valence-electron chi connectivity index (χ0n) is 9.23. The van der Waals surface area contributed by atoms with Crippen molar-refractivity contribution < 1.29 is 4.79 Å². The van der Waals surface area contributed by atoms with Crippen molar-refractivity contribution in [2.24, 2.45) is 11.3 Å². The number of hydrogen-bond donors (Lipinski definition) is 0. The van der Waals surface area contributed by atoms with Crippen LogP contribution in [0.1, 0.15) is 59.3 Å². The van der Waals surface area contributed by atoms with Crippen LogP contribution in [0.5, 0.6) is 0 Å². The van der Waals surface area contributed by atoms with Gasteiger partial charge in [-0.05, 0) is 25.2 Å². The summed E-state index contributed by atoms with van der Waals surface area (Å²) in [5, 5.41) is 0. The van der Waals surface area contributed by atoms with E-state index in [0.29, 0.717) is 5.78 Å². The third-order valence-electron chi connectivity index (χ3n) is 3.33. The summed E-state index contributed by atoms with van der Waals surface area (Å²) in [6.45, 7) is 6.63. The molecule has 1 fully saturated rings. The Kier molecular flexibility index (Phi) is 3.52. The zero-order chi connectivity index (χ0) is 9.90. The van der Waals surface area contributed by atoms with Crippen molar-refractivity contribution in [1.82, 2.24) is 0 Å². The van der Waals surface area contributed by atoms with E-state index in [1.54, 1.807) is 0 Å². The average molecular weight is 182 g/mol. The summed E-state index contributed by atoms with van der Waals surface area (Å²) in [6.07, 6.45) is 6.62. The molecule has 1 rings (SSSR count). The molecule has 1 nitrogen and oxygen atoms in total. The van der Waals surface area contributed by atoms with E-state index in [9.17, 15) is 4.79 Å². The smallest absolute Gasteiger partial charge is 0.138 e. The van der Waals surface area contributed by atoms with E-state index < -0.39 is 0 Å². The highest BCUT2D eigenvalue weighted by Crippen LogP contribution is 2.37. The molecule has 1 saturated carbocycles. The lowest BCUT2D eigenvalue weighted by Gasteiger charge is -2.32. The highest BCUT2D eigenvalue weighted by atomic mass is 16.1. The SMILES string of the molecule is CC(C)CC[C@]1(C)CCCCC1=O. The molecule has 0 heterocycles. The Labute approximate surface area is 81.9 Å². The maximum absolute atomic E-state index is 11.7. The van der Waals surface area contributed by atoms with Gasteiger partial charge in [0.15, 0.2) is 0 Å². The molecule has 1 atom stereocenters. The second-order valence-corrected chi connectivity index (χ2v) is 5.12. The van der Waals surface area contributed by atoms with Crippen LogP contribution in [0, 0.1) is 11.3 Å². The molecule has 0 radical (unpaired) electrons. The van der Waals surface area contributed by atoms with E-state index in [-0.39, 0.29) is 5.41 Å². The predicted octanol–water partition coefficient (Wildman–Crippen LogP) is 3.57. The van der Waals surface area contributed by atoms with Crippen LogP contribution in [0.15, 0.2) is 0 Å². The molecule has 1 aliphatic carbocycles. The third kappa shape index (κ3) is 2.82. The van der Waals surface area contributed by atoms with E-state index in [1.807, 2.05) is 0 Å².